The molecule has 1 heterocycles. The summed E-state index contributed by atoms with van der Waals surface area (Å²) in [5.74, 6) is 0.959. The number of fused-ring (bicyclic) bond motifs is 1. The number of rotatable bonds is 5. The molecule has 1 aromatic carbocycles. The van der Waals surface area contributed by atoms with Gasteiger partial charge >= 0.3 is 0 Å². The number of aryl methyl sites for hydroxylation is 1. The maximum atomic E-state index is 12.9. The SMILES string of the molecule is CN(C)Cc1nc(C(C)(C)NC(=O)[C@H]2CCCc3ccccc32)no1. The first kappa shape index (κ1) is 17.6. The number of aromatic nitrogens is 2. The summed E-state index contributed by atoms with van der Waals surface area (Å²) in [6, 6.07) is 8.22. The summed E-state index contributed by atoms with van der Waals surface area (Å²) in [5, 5.41) is 7.17. The van der Waals surface area contributed by atoms with E-state index in [-0.39, 0.29) is 11.8 Å². The van der Waals surface area contributed by atoms with Gasteiger partial charge in [0.05, 0.1) is 18.0 Å². The Balaban J connectivity index is 1.75. The Hall–Kier alpha value is -2.21. The third-order valence-corrected chi connectivity index (χ3v) is 4.60. The molecule has 0 fully saturated rings. The molecule has 6 heteroatoms. The van der Waals surface area contributed by atoms with Crippen LogP contribution in [0.2, 0.25) is 0 Å². The number of hydrogen-bond acceptors (Lipinski definition) is 5. The highest BCUT2D eigenvalue weighted by molar-refractivity contribution is 5.85. The smallest absolute Gasteiger partial charge is 0.240 e. The monoisotopic (exact) mass is 342 g/mol. The van der Waals surface area contributed by atoms with E-state index in [4.69, 9.17) is 4.52 Å². The summed E-state index contributed by atoms with van der Waals surface area (Å²) in [7, 11) is 3.88. The number of hydrogen-bond donors (Lipinski definition) is 1. The van der Waals surface area contributed by atoms with Crippen molar-refractivity contribution in [3.8, 4) is 0 Å². The standard InChI is InChI=1S/C19H26N4O2/c1-19(2,18-20-16(25-22-18)12-23(3)4)21-17(24)15-11-7-9-13-8-5-6-10-14(13)15/h5-6,8,10,15H,7,9,11-12H2,1-4H3,(H,21,24)/t15-/m0/s1. The molecule has 0 bridgehead atoms. The second kappa shape index (κ2) is 6.96. The van der Waals surface area contributed by atoms with Gasteiger partial charge in [0.25, 0.3) is 0 Å². The van der Waals surface area contributed by atoms with Crippen LogP contribution in [-0.2, 0) is 23.3 Å². The lowest BCUT2D eigenvalue weighted by atomic mass is 9.82. The lowest BCUT2D eigenvalue weighted by Crippen LogP contribution is -2.44. The van der Waals surface area contributed by atoms with Gasteiger partial charge in [0.15, 0.2) is 5.82 Å². The number of carbonyl (C=O) groups is 1. The van der Waals surface area contributed by atoms with E-state index in [9.17, 15) is 4.79 Å². The summed E-state index contributed by atoms with van der Waals surface area (Å²) >= 11 is 0. The van der Waals surface area contributed by atoms with Crippen molar-refractivity contribution in [3.63, 3.8) is 0 Å². The Morgan fingerprint density at radius 3 is 2.88 bits per heavy atom. The molecule has 1 amide bonds. The van der Waals surface area contributed by atoms with E-state index >= 15 is 0 Å². The van der Waals surface area contributed by atoms with E-state index in [1.807, 2.05) is 45.0 Å². The first-order chi connectivity index (χ1) is 11.9. The van der Waals surface area contributed by atoms with Crippen LogP contribution in [0.3, 0.4) is 0 Å². The Kier molecular flexibility index (Phi) is 4.90. The Morgan fingerprint density at radius 1 is 1.36 bits per heavy atom. The largest absolute Gasteiger partial charge is 0.343 e. The Labute approximate surface area is 148 Å². The number of nitrogens with zero attached hydrogens (tertiary/aromatic N) is 3. The summed E-state index contributed by atoms with van der Waals surface area (Å²) in [6.45, 7) is 4.39. The lowest BCUT2D eigenvalue weighted by Gasteiger charge is -2.29. The number of carbonyl (C=O) groups excluding carboxylic acids is 1. The molecule has 1 N–H and O–H groups in total. The molecule has 134 valence electrons. The van der Waals surface area contributed by atoms with Crippen molar-refractivity contribution in [2.24, 2.45) is 0 Å². The molecular formula is C19H26N4O2. The summed E-state index contributed by atoms with van der Waals surface area (Å²) in [6.07, 6.45) is 2.95. The maximum Gasteiger partial charge on any atom is 0.240 e. The summed E-state index contributed by atoms with van der Waals surface area (Å²) in [5.41, 5.74) is 1.74. The van der Waals surface area contributed by atoms with E-state index in [1.165, 1.54) is 5.56 Å². The molecule has 1 aliphatic rings. The molecule has 0 aliphatic heterocycles. The van der Waals surface area contributed by atoms with Crippen LogP contribution in [0, 0.1) is 0 Å². The van der Waals surface area contributed by atoms with Gasteiger partial charge in [-0.1, -0.05) is 29.4 Å². The highest BCUT2D eigenvalue weighted by Gasteiger charge is 2.33. The van der Waals surface area contributed by atoms with Gasteiger partial charge < -0.3 is 14.7 Å². The summed E-state index contributed by atoms with van der Waals surface area (Å²) in [4.78, 5) is 19.3. The zero-order chi connectivity index (χ0) is 18.0. The minimum absolute atomic E-state index is 0.0242. The highest BCUT2D eigenvalue weighted by Crippen LogP contribution is 2.32. The molecule has 0 saturated heterocycles. The normalized spacial score (nSPS) is 17.4. The van der Waals surface area contributed by atoms with Crippen LogP contribution in [0.1, 0.15) is 55.4 Å². The van der Waals surface area contributed by atoms with E-state index in [0.717, 1.165) is 24.8 Å². The first-order valence-electron chi connectivity index (χ1n) is 8.74. The fraction of sp³-hybridized carbons (Fsp3) is 0.526. The van der Waals surface area contributed by atoms with E-state index < -0.39 is 5.54 Å². The Morgan fingerprint density at radius 2 is 2.12 bits per heavy atom. The third-order valence-electron chi connectivity index (χ3n) is 4.60. The second-order valence-corrected chi connectivity index (χ2v) is 7.51. The molecule has 0 radical (unpaired) electrons. The molecule has 3 rings (SSSR count). The van der Waals surface area contributed by atoms with Crippen molar-refractivity contribution >= 4 is 5.91 Å². The van der Waals surface area contributed by atoms with Crippen molar-refractivity contribution in [3.05, 3.63) is 47.1 Å². The topological polar surface area (TPSA) is 71.3 Å². The van der Waals surface area contributed by atoms with Gasteiger partial charge in [-0.15, -0.1) is 0 Å². The van der Waals surface area contributed by atoms with Crippen molar-refractivity contribution in [2.45, 2.75) is 51.1 Å². The molecule has 0 unspecified atom stereocenters. The molecule has 1 aromatic heterocycles. The third kappa shape index (κ3) is 3.90. The fourth-order valence-electron chi connectivity index (χ4n) is 3.32. The van der Waals surface area contributed by atoms with Crippen molar-refractivity contribution in [2.75, 3.05) is 14.1 Å². The minimum atomic E-state index is -0.683. The highest BCUT2D eigenvalue weighted by atomic mass is 16.5. The average molecular weight is 342 g/mol. The van der Waals surface area contributed by atoms with Crippen LogP contribution >= 0.6 is 0 Å². The van der Waals surface area contributed by atoms with Crippen molar-refractivity contribution in [1.82, 2.24) is 20.4 Å². The number of amides is 1. The van der Waals surface area contributed by atoms with Gasteiger partial charge in [0.1, 0.15) is 0 Å². The van der Waals surface area contributed by atoms with Gasteiger partial charge in [-0.3, -0.25) is 4.79 Å². The second-order valence-electron chi connectivity index (χ2n) is 7.51. The van der Waals surface area contributed by atoms with Gasteiger partial charge in [-0.2, -0.15) is 4.98 Å². The molecule has 0 spiro atoms. The average Bonchev–Trinajstić information content (AvgIpc) is 3.02. The lowest BCUT2D eigenvalue weighted by molar-refractivity contribution is -0.124. The quantitative estimate of drug-likeness (QED) is 0.904. The molecule has 25 heavy (non-hydrogen) atoms. The fourth-order valence-corrected chi connectivity index (χ4v) is 3.32. The van der Waals surface area contributed by atoms with Crippen LogP contribution in [0.5, 0.6) is 0 Å². The molecular weight excluding hydrogens is 316 g/mol. The minimum Gasteiger partial charge on any atom is -0.343 e. The van der Waals surface area contributed by atoms with Crippen LogP contribution in [-0.4, -0.2) is 35.0 Å². The van der Waals surface area contributed by atoms with Crippen molar-refractivity contribution < 1.29 is 9.32 Å². The first-order valence-corrected chi connectivity index (χ1v) is 8.74. The van der Waals surface area contributed by atoms with Crippen LogP contribution < -0.4 is 5.32 Å². The zero-order valence-corrected chi connectivity index (χ0v) is 15.4. The van der Waals surface area contributed by atoms with Crippen LogP contribution in [0.4, 0.5) is 0 Å². The summed E-state index contributed by atoms with van der Waals surface area (Å²) < 4.78 is 5.29. The van der Waals surface area contributed by atoms with Gasteiger partial charge in [-0.25, -0.2) is 0 Å². The number of benzene rings is 1. The van der Waals surface area contributed by atoms with E-state index in [1.54, 1.807) is 0 Å². The van der Waals surface area contributed by atoms with E-state index in [0.29, 0.717) is 18.3 Å². The number of nitrogens with one attached hydrogen (secondary N) is 1. The van der Waals surface area contributed by atoms with Crippen LogP contribution in [0.25, 0.3) is 0 Å². The van der Waals surface area contributed by atoms with Crippen LogP contribution in [0.15, 0.2) is 28.8 Å². The van der Waals surface area contributed by atoms with Gasteiger partial charge in [0.2, 0.25) is 11.8 Å². The molecule has 6 nitrogen and oxygen atoms in total. The van der Waals surface area contributed by atoms with Crippen molar-refractivity contribution in [1.29, 1.82) is 0 Å². The predicted molar refractivity (Wildman–Crippen MR) is 95.0 cm³/mol. The maximum absolute atomic E-state index is 12.9. The van der Waals surface area contributed by atoms with E-state index in [2.05, 4.69) is 27.6 Å². The molecule has 1 atom stereocenters. The Bertz CT molecular complexity index is 751. The molecule has 1 aliphatic carbocycles. The predicted octanol–water partition coefficient (Wildman–Crippen LogP) is 2.60. The molecule has 0 saturated carbocycles. The van der Waals surface area contributed by atoms with Gasteiger partial charge in [-0.05, 0) is 58.3 Å². The molecule has 2 aromatic rings. The zero-order valence-electron chi connectivity index (χ0n) is 15.4. The van der Waals surface area contributed by atoms with Gasteiger partial charge in [0, 0.05) is 0 Å².